The number of sulfonamides is 1. The zero-order chi connectivity index (χ0) is 22.1. The third-order valence-electron chi connectivity index (χ3n) is 5.22. The van der Waals surface area contributed by atoms with Crippen LogP contribution in [0.4, 0.5) is 5.69 Å². The molecule has 1 aliphatic rings. The van der Waals surface area contributed by atoms with E-state index in [1.807, 2.05) is 45.0 Å². The number of anilines is 1. The largest absolute Gasteiger partial charge is 0.496 e. The van der Waals surface area contributed by atoms with Crippen molar-refractivity contribution >= 4 is 21.6 Å². The van der Waals surface area contributed by atoms with Crippen LogP contribution in [0, 0.1) is 13.8 Å². The van der Waals surface area contributed by atoms with Crippen molar-refractivity contribution in [1.82, 2.24) is 5.32 Å². The van der Waals surface area contributed by atoms with E-state index in [4.69, 9.17) is 9.47 Å². The first-order valence-corrected chi connectivity index (χ1v) is 11.7. The van der Waals surface area contributed by atoms with Crippen LogP contribution in [0.25, 0.3) is 0 Å². The second-order valence-corrected chi connectivity index (χ2v) is 9.48. The maximum atomic E-state index is 13.0. The summed E-state index contributed by atoms with van der Waals surface area (Å²) in [5, 5.41) is 3.01. The molecule has 0 fully saturated rings. The minimum Gasteiger partial charge on any atom is -0.496 e. The van der Waals surface area contributed by atoms with Crippen LogP contribution in [0.5, 0.6) is 11.5 Å². The van der Waals surface area contributed by atoms with Crippen molar-refractivity contribution in [3.05, 3.63) is 53.1 Å². The van der Waals surface area contributed by atoms with Gasteiger partial charge in [0, 0.05) is 0 Å². The second kappa shape index (κ2) is 8.55. The average Bonchev–Trinajstić information content (AvgIpc) is 2.69. The van der Waals surface area contributed by atoms with Crippen LogP contribution in [-0.2, 0) is 14.8 Å². The summed E-state index contributed by atoms with van der Waals surface area (Å²) in [5.41, 5.74) is 3.30. The highest BCUT2D eigenvalue weighted by atomic mass is 32.2. The summed E-state index contributed by atoms with van der Waals surface area (Å²) in [5.74, 6) is 0.822. The van der Waals surface area contributed by atoms with Gasteiger partial charge in [-0.1, -0.05) is 25.1 Å². The van der Waals surface area contributed by atoms with Gasteiger partial charge in [-0.25, -0.2) is 8.42 Å². The number of fused-ring (bicyclic) bond motifs is 1. The molecular formula is C22H28N2O5S. The molecule has 3 rings (SSSR count). The minimum absolute atomic E-state index is 0.0706. The average molecular weight is 433 g/mol. The van der Waals surface area contributed by atoms with Crippen LogP contribution in [-0.4, -0.2) is 40.3 Å². The quantitative estimate of drug-likeness (QED) is 0.758. The Bertz CT molecular complexity index is 1050. The lowest BCUT2D eigenvalue weighted by Crippen LogP contribution is -2.51. The van der Waals surface area contributed by atoms with Gasteiger partial charge < -0.3 is 14.8 Å². The van der Waals surface area contributed by atoms with E-state index < -0.39 is 16.1 Å². The number of methoxy groups -OCH3 is 1. The molecule has 1 aliphatic heterocycles. The Morgan fingerprint density at radius 2 is 2.00 bits per heavy atom. The van der Waals surface area contributed by atoms with Gasteiger partial charge in [0.1, 0.15) is 11.5 Å². The molecule has 1 N–H and O–H groups in total. The number of nitrogens with one attached hydrogen (secondary N) is 1. The van der Waals surface area contributed by atoms with E-state index in [-0.39, 0.29) is 18.5 Å². The minimum atomic E-state index is -3.56. The van der Waals surface area contributed by atoms with Gasteiger partial charge in [0.05, 0.1) is 31.6 Å². The SMILES string of the molecule is CCC(NC(=O)C1CN(S(C)(=O)=O)c2ccc(C)cc2O1)c1ccc(OC)c(C)c1. The van der Waals surface area contributed by atoms with Crippen LogP contribution in [0.3, 0.4) is 0 Å². The lowest BCUT2D eigenvalue weighted by Gasteiger charge is -2.34. The highest BCUT2D eigenvalue weighted by Gasteiger charge is 2.35. The first kappa shape index (κ1) is 22.0. The Labute approximate surface area is 178 Å². The Morgan fingerprint density at radius 1 is 1.27 bits per heavy atom. The molecule has 0 aromatic heterocycles. The standard InChI is InChI=1S/C22H28N2O5S/c1-6-17(16-8-10-19(28-4)15(3)12-16)23-22(25)21-13-24(30(5,26)27)18-9-7-14(2)11-20(18)29-21/h7-12,17,21H,6,13H2,1-5H3,(H,23,25). The fraction of sp³-hybridized carbons (Fsp3) is 0.409. The molecule has 1 heterocycles. The monoisotopic (exact) mass is 432 g/mol. The Kier molecular flexibility index (Phi) is 6.26. The normalized spacial score (nSPS) is 17.0. The molecule has 2 atom stereocenters. The van der Waals surface area contributed by atoms with Crippen molar-refractivity contribution < 1.29 is 22.7 Å². The van der Waals surface area contributed by atoms with Crippen molar-refractivity contribution in [1.29, 1.82) is 0 Å². The zero-order valence-corrected chi connectivity index (χ0v) is 18.7. The highest BCUT2D eigenvalue weighted by molar-refractivity contribution is 7.92. The van der Waals surface area contributed by atoms with Gasteiger partial charge in [0.25, 0.3) is 5.91 Å². The first-order chi connectivity index (χ1) is 14.1. The summed E-state index contributed by atoms with van der Waals surface area (Å²) in [6, 6.07) is 10.8. The van der Waals surface area contributed by atoms with E-state index in [2.05, 4.69) is 5.32 Å². The van der Waals surface area contributed by atoms with E-state index in [0.29, 0.717) is 17.9 Å². The summed E-state index contributed by atoms with van der Waals surface area (Å²) < 4.78 is 37.1. The van der Waals surface area contributed by atoms with E-state index in [1.54, 1.807) is 19.2 Å². The van der Waals surface area contributed by atoms with Crippen molar-refractivity contribution in [2.24, 2.45) is 0 Å². The van der Waals surface area contributed by atoms with E-state index in [0.717, 1.165) is 28.7 Å². The summed E-state index contributed by atoms with van der Waals surface area (Å²) in [6.07, 6.45) is 0.865. The molecule has 0 saturated carbocycles. The molecule has 0 bridgehead atoms. The second-order valence-electron chi connectivity index (χ2n) is 7.57. The van der Waals surface area contributed by atoms with Crippen LogP contribution >= 0.6 is 0 Å². The fourth-order valence-electron chi connectivity index (χ4n) is 3.62. The molecule has 0 radical (unpaired) electrons. The maximum absolute atomic E-state index is 13.0. The Balaban J connectivity index is 1.84. The van der Waals surface area contributed by atoms with Crippen LogP contribution < -0.4 is 19.1 Å². The van der Waals surface area contributed by atoms with Gasteiger partial charge in [-0.15, -0.1) is 0 Å². The molecule has 0 saturated heterocycles. The third kappa shape index (κ3) is 4.53. The van der Waals surface area contributed by atoms with Crippen molar-refractivity contribution in [2.75, 3.05) is 24.2 Å². The van der Waals surface area contributed by atoms with Crippen molar-refractivity contribution in [3.8, 4) is 11.5 Å². The number of carbonyl (C=O) groups excluding carboxylic acids is 1. The fourth-order valence-corrected chi connectivity index (χ4v) is 4.53. The zero-order valence-electron chi connectivity index (χ0n) is 17.9. The van der Waals surface area contributed by atoms with Gasteiger partial charge in [-0.2, -0.15) is 0 Å². The lowest BCUT2D eigenvalue weighted by molar-refractivity contribution is -0.128. The van der Waals surface area contributed by atoms with Gasteiger partial charge in [-0.3, -0.25) is 9.10 Å². The first-order valence-electron chi connectivity index (χ1n) is 9.84. The van der Waals surface area contributed by atoms with E-state index in [9.17, 15) is 13.2 Å². The molecule has 1 amide bonds. The van der Waals surface area contributed by atoms with Crippen LogP contribution in [0.2, 0.25) is 0 Å². The summed E-state index contributed by atoms with van der Waals surface area (Å²) in [4.78, 5) is 13.0. The number of benzene rings is 2. The van der Waals surface area contributed by atoms with Crippen LogP contribution in [0.15, 0.2) is 36.4 Å². The van der Waals surface area contributed by atoms with Gasteiger partial charge in [0.2, 0.25) is 10.0 Å². The smallest absolute Gasteiger partial charge is 0.263 e. The summed E-state index contributed by atoms with van der Waals surface area (Å²) in [6.45, 7) is 5.74. The number of carbonyl (C=O) groups is 1. The Morgan fingerprint density at radius 3 is 2.60 bits per heavy atom. The molecule has 7 nitrogen and oxygen atoms in total. The van der Waals surface area contributed by atoms with Crippen LogP contribution in [0.1, 0.15) is 36.1 Å². The Hall–Kier alpha value is -2.74. The number of amides is 1. The topological polar surface area (TPSA) is 84.9 Å². The van der Waals surface area contributed by atoms with Crippen molar-refractivity contribution in [2.45, 2.75) is 39.3 Å². The lowest BCUT2D eigenvalue weighted by atomic mass is 10.0. The number of rotatable bonds is 6. The van der Waals surface area contributed by atoms with Gasteiger partial charge >= 0.3 is 0 Å². The number of aryl methyl sites for hydroxylation is 2. The predicted octanol–water partition coefficient (Wildman–Crippen LogP) is 3.11. The molecule has 162 valence electrons. The highest BCUT2D eigenvalue weighted by Crippen LogP contribution is 2.36. The molecule has 2 aromatic carbocycles. The summed E-state index contributed by atoms with van der Waals surface area (Å²) in [7, 11) is -1.94. The number of ether oxygens (including phenoxy) is 2. The van der Waals surface area contributed by atoms with Crippen molar-refractivity contribution in [3.63, 3.8) is 0 Å². The molecule has 8 heteroatoms. The maximum Gasteiger partial charge on any atom is 0.263 e. The molecule has 0 spiro atoms. The summed E-state index contributed by atoms with van der Waals surface area (Å²) >= 11 is 0. The molecule has 0 aliphatic carbocycles. The van der Waals surface area contributed by atoms with Gasteiger partial charge in [-0.05, 0) is 55.2 Å². The third-order valence-corrected chi connectivity index (χ3v) is 6.37. The predicted molar refractivity (Wildman–Crippen MR) is 117 cm³/mol. The number of hydrogen-bond donors (Lipinski definition) is 1. The number of hydrogen-bond acceptors (Lipinski definition) is 5. The molecular weight excluding hydrogens is 404 g/mol. The molecule has 2 unspecified atom stereocenters. The number of nitrogens with zero attached hydrogens (tertiary/aromatic N) is 1. The molecule has 2 aromatic rings. The van der Waals surface area contributed by atoms with E-state index >= 15 is 0 Å². The molecule has 30 heavy (non-hydrogen) atoms. The van der Waals surface area contributed by atoms with E-state index in [1.165, 1.54) is 4.31 Å². The van der Waals surface area contributed by atoms with Gasteiger partial charge in [0.15, 0.2) is 6.10 Å².